The number of nitrogens with one attached hydrogen (secondary N) is 1. The van der Waals surface area contributed by atoms with Crippen LogP contribution in [0, 0.1) is 10.1 Å². The highest BCUT2D eigenvalue weighted by atomic mass is 32.1. The second kappa shape index (κ2) is 9.43. The van der Waals surface area contributed by atoms with Gasteiger partial charge in [-0.2, -0.15) is 0 Å². The zero-order valence-corrected chi connectivity index (χ0v) is 15.9. The largest absolute Gasteiger partial charge is 0.351 e. The third-order valence-electron chi connectivity index (χ3n) is 4.79. The van der Waals surface area contributed by atoms with Gasteiger partial charge in [-0.25, -0.2) is 0 Å². The van der Waals surface area contributed by atoms with Crippen molar-refractivity contribution in [3.63, 3.8) is 0 Å². The normalized spacial score (nSPS) is 15.9. The van der Waals surface area contributed by atoms with Gasteiger partial charge in [-0.3, -0.25) is 14.9 Å². The number of piperidine rings is 1. The number of non-ortho nitro benzene ring substituents is 1. The molecule has 0 spiro atoms. The monoisotopic (exact) mass is 385 g/mol. The first-order chi connectivity index (χ1) is 13.1. The fraction of sp³-hybridized carbons (Fsp3) is 0.350. The number of likely N-dealkylation sites (tertiary alicyclic amines) is 1. The van der Waals surface area contributed by atoms with Crippen LogP contribution in [0.1, 0.15) is 29.2 Å². The van der Waals surface area contributed by atoms with Crippen molar-refractivity contribution >= 4 is 29.0 Å². The zero-order chi connectivity index (χ0) is 19.1. The van der Waals surface area contributed by atoms with Crippen molar-refractivity contribution < 1.29 is 9.72 Å². The molecule has 1 amide bonds. The average Bonchev–Trinajstić information content (AvgIpc) is 3.22. The van der Waals surface area contributed by atoms with Crippen molar-refractivity contribution in [2.45, 2.75) is 18.8 Å². The number of hydrogen-bond acceptors (Lipinski definition) is 5. The average molecular weight is 385 g/mol. The fourth-order valence-electron chi connectivity index (χ4n) is 3.24. The van der Waals surface area contributed by atoms with Crippen molar-refractivity contribution in [3.8, 4) is 0 Å². The van der Waals surface area contributed by atoms with Crippen molar-refractivity contribution in [2.24, 2.45) is 0 Å². The second-order valence-electron chi connectivity index (χ2n) is 6.60. The summed E-state index contributed by atoms with van der Waals surface area (Å²) >= 11 is 1.84. The molecule has 3 rings (SSSR count). The predicted octanol–water partition coefficient (Wildman–Crippen LogP) is 3.67. The van der Waals surface area contributed by atoms with Crippen LogP contribution in [0.2, 0.25) is 0 Å². The van der Waals surface area contributed by atoms with Crippen LogP contribution in [0.4, 0.5) is 5.69 Å². The Balaban J connectivity index is 1.35. The van der Waals surface area contributed by atoms with Gasteiger partial charge >= 0.3 is 0 Å². The van der Waals surface area contributed by atoms with E-state index < -0.39 is 4.92 Å². The van der Waals surface area contributed by atoms with E-state index in [1.165, 1.54) is 35.9 Å². The van der Waals surface area contributed by atoms with Crippen LogP contribution in [0.15, 0.2) is 47.9 Å². The molecule has 2 heterocycles. The lowest BCUT2D eigenvalue weighted by Crippen LogP contribution is -2.38. The highest BCUT2D eigenvalue weighted by Gasteiger charge is 2.20. The van der Waals surface area contributed by atoms with E-state index in [0.717, 1.165) is 25.2 Å². The molecule has 1 saturated heterocycles. The molecular formula is C20H23N3O3S. The first-order valence-electron chi connectivity index (χ1n) is 9.08. The van der Waals surface area contributed by atoms with Crippen molar-refractivity contribution in [3.05, 3.63) is 68.4 Å². The van der Waals surface area contributed by atoms with Gasteiger partial charge in [0.1, 0.15) is 0 Å². The Labute approximate surface area is 162 Å². The van der Waals surface area contributed by atoms with E-state index in [2.05, 4.69) is 27.7 Å². The third-order valence-corrected chi connectivity index (χ3v) is 5.83. The molecule has 1 fully saturated rings. The van der Waals surface area contributed by atoms with E-state index >= 15 is 0 Å². The number of nitro benzene ring substituents is 1. The molecule has 1 aliphatic heterocycles. The second-order valence-corrected chi connectivity index (χ2v) is 7.58. The molecule has 1 N–H and O–H groups in total. The number of nitrogens with zero attached hydrogens (tertiary/aromatic N) is 2. The summed E-state index contributed by atoms with van der Waals surface area (Å²) in [6, 6.07) is 10.4. The Morgan fingerprint density at radius 1 is 1.26 bits per heavy atom. The minimum Gasteiger partial charge on any atom is -0.351 e. The highest BCUT2D eigenvalue weighted by Crippen LogP contribution is 2.30. The summed E-state index contributed by atoms with van der Waals surface area (Å²) in [7, 11) is 0. The zero-order valence-electron chi connectivity index (χ0n) is 15.0. The SMILES string of the molecule is O=C(/C=C/c1ccc([N+](=O)[O-])cc1)NCCN1CCC(c2cccs2)CC1. The van der Waals surface area contributed by atoms with Gasteiger partial charge < -0.3 is 10.2 Å². The number of carbonyl (C=O) groups is 1. The van der Waals surface area contributed by atoms with Gasteiger partial charge in [0.05, 0.1) is 4.92 Å². The number of nitro groups is 1. The van der Waals surface area contributed by atoms with E-state index in [9.17, 15) is 14.9 Å². The lowest BCUT2D eigenvalue weighted by molar-refractivity contribution is -0.384. The summed E-state index contributed by atoms with van der Waals surface area (Å²) in [5.74, 6) is 0.530. The Morgan fingerprint density at radius 2 is 2.00 bits per heavy atom. The molecular weight excluding hydrogens is 362 g/mol. The Morgan fingerprint density at radius 3 is 2.63 bits per heavy atom. The van der Waals surface area contributed by atoms with Crippen LogP contribution in [0.3, 0.4) is 0 Å². The summed E-state index contributed by atoms with van der Waals surface area (Å²) in [5.41, 5.74) is 0.797. The van der Waals surface area contributed by atoms with Gasteiger partial charge in [0, 0.05) is 36.2 Å². The van der Waals surface area contributed by atoms with Crippen molar-refractivity contribution in [2.75, 3.05) is 26.2 Å². The topological polar surface area (TPSA) is 75.5 Å². The van der Waals surface area contributed by atoms with Crippen LogP contribution in [-0.4, -0.2) is 41.9 Å². The first kappa shape index (κ1) is 19.3. The molecule has 27 heavy (non-hydrogen) atoms. The highest BCUT2D eigenvalue weighted by molar-refractivity contribution is 7.10. The van der Waals surface area contributed by atoms with Gasteiger partial charge in [0.2, 0.25) is 5.91 Å². The van der Waals surface area contributed by atoms with Gasteiger partial charge in [-0.15, -0.1) is 11.3 Å². The maximum Gasteiger partial charge on any atom is 0.269 e. The number of carbonyl (C=O) groups excluding carboxylic acids is 1. The van der Waals surface area contributed by atoms with E-state index in [0.29, 0.717) is 12.5 Å². The van der Waals surface area contributed by atoms with Crippen molar-refractivity contribution in [1.82, 2.24) is 10.2 Å². The summed E-state index contributed by atoms with van der Waals surface area (Å²) in [6.07, 6.45) is 5.47. The molecule has 6 nitrogen and oxygen atoms in total. The molecule has 142 valence electrons. The molecule has 1 aromatic carbocycles. The van der Waals surface area contributed by atoms with Gasteiger partial charge in [-0.05, 0) is 67.1 Å². The molecule has 0 atom stereocenters. The smallest absolute Gasteiger partial charge is 0.269 e. The van der Waals surface area contributed by atoms with Crippen molar-refractivity contribution in [1.29, 1.82) is 0 Å². The van der Waals surface area contributed by atoms with E-state index in [4.69, 9.17) is 0 Å². The van der Waals surface area contributed by atoms with E-state index in [1.54, 1.807) is 18.2 Å². The maximum atomic E-state index is 11.9. The molecule has 0 radical (unpaired) electrons. The minimum absolute atomic E-state index is 0.0412. The molecule has 1 aliphatic rings. The van der Waals surface area contributed by atoms with Gasteiger partial charge in [0.25, 0.3) is 5.69 Å². The molecule has 0 saturated carbocycles. The number of thiophene rings is 1. The summed E-state index contributed by atoms with van der Waals surface area (Å²) < 4.78 is 0. The van der Waals surface area contributed by atoms with E-state index in [1.807, 2.05) is 11.3 Å². The number of rotatable bonds is 7. The summed E-state index contributed by atoms with van der Waals surface area (Å²) in [4.78, 5) is 26.0. The lowest BCUT2D eigenvalue weighted by Gasteiger charge is -2.31. The molecule has 2 aromatic rings. The summed E-state index contributed by atoms with van der Waals surface area (Å²) in [6.45, 7) is 3.61. The van der Waals surface area contributed by atoms with Crippen LogP contribution in [0.25, 0.3) is 6.08 Å². The van der Waals surface area contributed by atoms with Crippen LogP contribution in [-0.2, 0) is 4.79 Å². The Hall–Kier alpha value is -2.51. The van der Waals surface area contributed by atoms with Crippen LogP contribution in [0.5, 0.6) is 0 Å². The molecule has 7 heteroatoms. The quantitative estimate of drug-likeness (QED) is 0.448. The number of amides is 1. The van der Waals surface area contributed by atoms with Crippen LogP contribution >= 0.6 is 11.3 Å². The Kier molecular flexibility index (Phi) is 6.73. The first-order valence-corrected chi connectivity index (χ1v) is 9.96. The Bertz CT molecular complexity index is 779. The van der Waals surface area contributed by atoms with Gasteiger partial charge in [-0.1, -0.05) is 6.07 Å². The molecule has 0 unspecified atom stereocenters. The molecule has 0 aliphatic carbocycles. The fourth-order valence-corrected chi connectivity index (χ4v) is 4.14. The maximum absolute atomic E-state index is 11.9. The number of benzene rings is 1. The van der Waals surface area contributed by atoms with Crippen LogP contribution < -0.4 is 5.32 Å². The van der Waals surface area contributed by atoms with Gasteiger partial charge in [0.15, 0.2) is 0 Å². The molecule has 1 aromatic heterocycles. The molecule has 0 bridgehead atoms. The van der Waals surface area contributed by atoms with E-state index in [-0.39, 0.29) is 11.6 Å². The standard InChI is InChI=1S/C20H23N3O3S/c24-20(8-5-16-3-6-18(7-4-16)23(25)26)21-11-14-22-12-9-17(10-13-22)19-2-1-15-27-19/h1-8,15,17H,9-14H2,(H,21,24)/b8-5+. The minimum atomic E-state index is -0.441. The number of hydrogen-bond donors (Lipinski definition) is 1. The lowest BCUT2D eigenvalue weighted by atomic mass is 9.95. The summed E-state index contributed by atoms with van der Waals surface area (Å²) in [5, 5.41) is 15.7. The predicted molar refractivity (Wildman–Crippen MR) is 108 cm³/mol. The third kappa shape index (κ3) is 5.74.